The van der Waals surface area contributed by atoms with Crippen molar-refractivity contribution in [2.75, 3.05) is 19.1 Å². The highest BCUT2D eigenvalue weighted by atomic mass is 16.5. The highest BCUT2D eigenvalue weighted by Gasteiger charge is 2.12. The van der Waals surface area contributed by atoms with Crippen LogP contribution in [0.15, 0.2) is 18.2 Å². The van der Waals surface area contributed by atoms with E-state index in [-0.39, 0.29) is 0 Å². The summed E-state index contributed by atoms with van der Waals surface area (Å²) in [5.74, 6) is 5.69. The molecule has 19 heavy (non-hydrogen) atoms. The number of nitrogen functional groups attached to an aromatic ring is 1. The minimum Gasteiger partial charge on any atom is -0.384 e. The third-order valence-electron chi connectivity index (χ3n) is 3.50. The molecule has 1 heterocycles. The third-order valence-corrected chi connectivity index (χ3v) is 3.50. The Morgan fingerprint density at radius 2 is 2.16 bits per heavy atom. The van der Waals surface area contributed by atoms with Gasteiger partial charge in [-0.3, -0.25) is 10.8 Å². The summed E-state index contributed by atoms with van der Waals surface area (Å²) < 4.78 is 5.16. The van der Waals surface area contributed by atoms with Gasteiger partial charge in [0.1, 0.15) is 0 Å². The third kappa shape index (κ3) is 2.55. The van der Waals surface area contributed by atoms with Crippen molar-refractivity contribution in [2.24, 2.45) is 5.84 Å². The second-order valence-electron chi connectivity index (χ2n) is 4.61. The molecule has 0 aliphatic carbocycles. The van der Waals surface area contributed by atoms with E-state index in [0.29, 0.717) is 6.61 Å². The van der Waals surface area contributed by atoms with Gasteiger partial charge in [-0.2, -0.15) is 0 Å². The Labute approximate surface area is 113 Å². The molecule has 1 aromatic heterocycles. The molecular formula is C15H21N3O. The predicted molar refractivity (Wildman–Crippen MR) is 79.2 cm³/mol. The standard InChI is InChI=1S/C15H21N3O/c1-4-13-10(2)14(18-16)12-7-5-6-11(8-9-19-3)15(12)17-13/h5-7H,4,8-9,16H2,1-3H3,(H,17,18). The summed E-state index contributed by atoms with van der Waals surface area (Å²) in [6, 6.07) is 6.20. The monoisotopic (exact) mass is 259 g/mol. The zero-order valence-electron chi connectivity index (χ0n) is 11.8. The Morgan fingerprint density at radius 1 is 1.37 bits per heavy atom. The molecule has 0 saturated carbocycles. The number of methoxy groups -OCH3 is 1. The van der Waals surface area contributed by atoms with Crippen LogP contribution in [0.3, 0.4) is 0 Å². The lowest BCUT2D eigenvalue weighted by Gasteiger charge is -2.15. The lowest BCUT2D eigenvalue weighted by molar-refractivity contribution is 0.202. The van der Waals surface area contributed by atoms with Gasteiger partial charge in [0.25, 0.3) is 0 Å². The zero-order chi connectivity index (χ0) is 13.8. The molecule has 0 bridgehead atoms. The lowest BCUT2D eigenvalue weighted by Crippen LogP contribution is -2.11. The summed E-state index contributed by atoms with van der Waals surface area (Å²) in [5, 5.41) is 1.07. The molecule has 0 saturated heterocycles. The Kier molecular flexibility index (Phi) is 4.35. The summed E-state index contributed by atoms with van der Waals surface area (Å²) in [4.78, 5) is 4.80. The van der Waals surface area contributed by atoms with E-state index in [1.807, 2.05) is 6.07 Å². The van der Waals surface area contributed by atoms with Gasteiger partial charge in [0.15, 0.2) is 0 Å². The van der Waals surface area contributed by atoms with Crippen molar-refractivity contribution in [1.82, 2.24) is 4.98 Å². The van der Waals surface area contributed by atoms with Crippen molar-refractivity contribution in [3.05, 3.63) is 35.0 Å². The maximum absolute atomic E-state index is 5.69. The quantitative estimate of drug-likeness (QED) is 0.640. The largest absolute Gasteiger partial charge is 0.384 e. The van der Waals surface area contributed by atoms with E-state index in [2.05, 4.69) is 31.4 Å². The number of nitrogens with zero attached hydrogens (tertiary/aromatic N) is 1. The van der Waals surface area contributed by atoms with Crippen LogP contribution in [0.25, 0.3) is 10.9 Å². The fourth-order valence-corrected chi connectivity index (χ4v) is 2.43. The lowest BCUT2D eigenvalue weighted by atomic mass is 10.0. The van der Waals surface area contributed by atoms with Crippen LogP contribution in [0.2, 0.25) is 0 Å². The first kappa shape index (κ1) is 13.8. The highest BCUT2D eigenvalue weighted by molar-refractivity contribution is 5.95. The van der Waals surface area contributed by atoms with Crippen molar-refractivity contribution in [2.45, 2.75) is 26.7 Å². The molecule has 4 nitrogen and oxygen atoms in total. The molecule has 0 radical (unpaired) electrons. The van der Waals surface area contributed by atoms with Gasteiger partial charge in [-0.15, -0.1) is 0 Å². The van der Waals surface area contributed by atoms with E-state index in [4.69, 9.17) is 15.6 Å². The topological polar surface area (TPSA) is 60.2 Å². The second-order valence-corrected chi connectivity index (χ2v) is 4.61. The van der Waals surface area contributed by atoms with Gasteiger partial charge in [-0.1, -0.05) is 25.1 Å². The van der Waals surface area contributed by atoms with Crippen LogP contribution in [-0.2, 0) is 17.6 Å². The van der Waals surface area contributed by atoms with Crippen LogP contribution in [0, 0.1) is 6.92 Å². The maximum atomic E-state index is 5.69. The van der Waals surface area contributed by atoms with Crippen LogP contribution >= 0.6 is 0 Å². The van der Waals surface area contributed by atoms with Crippen LogP contribution in [0.1, 0.15) is 23.7 Å². The van der Waals surface area contributed by atoms with Crippen LogP contribution < -0.4 is 11.3 Å². The van der Waals surface area contributed by atoms with Crippen molar-refractivity contribution in [1.29, 1.82) is 0 Å². The number of benzene rings is 1. The van der Waals surface area contributed by atoms with Crippen LogP contribution in [-0.4, -0.2) is 18.7 Å². The number of hydrogen-bond donors (Lipinski definition) is 2. The van der Waals surface area contributed by atoms with Crippen molar-refractivity contribution < 1.29 is 4.74 Å². The molecule has 4 heteroatoms. The molecule has 0 atom stereocenters. The molecule has 0 unspecified atom stereocenters. The molecule has 0 spiro atoms. The number of aromatic nitrogens is 1. The number of nitrogens with two attached hydrogens (primary N) is 1. The normalized spacial score (nSPS) is 10.9. The van der Waals surface area contributed by atoms with E-state index in [1.54, 1.807) is 7.11 Å². The van der Waals surface area contributed by atoms with Gasteiger partial charge in [0, 0.05) is 18.2 Å². The molecule has 2 aromatic rings. The fourth-order valence-electron chi connectivity index (χ4n) is 2.43. The number of rotatable bonds is 5. The summed E-state index contributed by atoms with van der Waals surface area (Å²) in [5.41, 5.74) is 8.24. The molecule has 1 aromatic carbocycles. The number of hydrazine groups is 1. The van der Waals surface area contributed by atoms with Gasteiger partial charge in [0.05, 0.1) is 17.8 Å². The van der Waals surface area contributed by atoms with E-state index in [0.717, 1.165) is 40.7 Å². The van der Waals surface area contributed by atoms with Gasteiger partial charge < -0.3 is 10.2 Å². The molecular weight excluding hydrogens is 238 g/mol. The SMILES string of the molecule is CCc1nc2c(CCOC)cccc2c(NN)c1C. The van der Waals surface area contributed by atoms with Gasteiger partial charge in [0.2, 0.25) is 0 Å². The first-order valence-electron chi connectivity index (χ1n) is 6.59. The average Bonchev–Trinajstić information content (AvgIpc) is 2.44. The smallest absolute Gasteiger partial charge is 0.0759 e. The summed E-state index contributed by atoms with van der Waals surface area (Å²) in [6.07, 6.45) is 1.76. The van der Waals surface area contributed by atoms with Gasteiger partial charge in [-0.25, -0.2) is 0 Å². The van der Waals surface area contributed by atoms with E-state index in [9.17, 15) is 0 Å². The first-order chi connectivity index (χ1) is 9.22. The average molecular weight is 259 g/mol. The van der Waals surface area contributed by atoms with Crippen molar-refractivity contribution in [3.63, 3.8) is 0 Å². The highest BCUT2D eigenvalue weighted by Crippen LogP contribution is 2.29. The van der Waals surface area contributed by atoms with Gasteiger partial charge in [-0.05, 0) is 30.9 Å². The van der Waals surface area contributed by atoms with Crippen LogP contribution in [0.4, 0.5) is 5.69 Å². The first-order valence-corrected chi connectivity index (χ1v) is 6.59. The molecule has 102 valence electrons. The Bertz CT molecular complexity index is 581. The Morgan fingerprint density at radius 3 is 2.79 bits per heavy atom. The Hall–Kier alpha value is -1.65. The van der Waals surface area contributed by atoms with Crippen molar-refractivity contribution >= 4 is 16.6 Å². The number of aryl methyl sites for hydroxylation is 1. The minimum atomic E-state index is 0.696. The van der Waals surface area contributed by atoms with E-state index in [1.165, 1.54) is 5.56 Å². The molecule has 0 amide bonds. The van der Waals surface area contributed by atoms with E-state index >= 15 is 0 Å². The van der Waals surface area contributed by atoms with Gasteiger partial charge >= 0.3 is 0 Å². The number of hydrogen-bond acceptors (Lipinski definition) is 4. The summed E-state index contributed by atoms with van der Waals surface area (Å²) in [7, 11) is 1.72. The summed E-state index contributed by atoms with van der Waals surface area (Å²) >= 11 is 0. The Balaban J connectivity index is 2.67. The number of para-hydroxylation sites is 1. The van der Waals surface area contributed by atoms with Crippen molar-refractivity contribution in [3.8, 4) is 0 Å². The molecule has 2 rings (SSSR count). The maximum Gasteiger partial charge on any atom is 0.0759 e. The number of anilines is 1. The minimum absolute atomic E-state index is 0.696. The van der Waals surface area contributed by atoms with E-state index < -0.39 is 0 Å². The molecule has 0 fully saturated rings. The second kappa shape index (κ2) is 5.99. The van der Waals surface area contributed by atoms with Crippen LogP contribution in [0.5, 0.6) is 0 Å². The zero-order valence-corrected chi connectivity index (χ0v) is 11.8. The predicted octanol–water partition coefficient (Wildman–Crippen LogP) is 2.58. The number of ether oxygens (including phenoxy) is 1. The molecule has 0 aliphatic rings. The molecule has 0 aliphatic heterocycles. The number of fused-ring (bicyclic) bond motifs is 1. The summed E-state index contributed by atoms with van der Waals surface area (Å²) in [6.45, 7) is 4.86. The fraction of sp³-hybridized carbons (Fsp3) is 0.400. The number of pyridine rings is 1. The molecule has 3 N–H and O–H groups in total. The number of nitrogens with one attached hydrogen (secondary N) is 1.